The van der Waals surface area contributed by atoms with Crippen molar-refractivity contribution in [2.75, 3.05) is 26.7 Å². The molecule has 18 heavy (non-hydrogen) atoms. The SMILES string of the molecule is COC1=NCC2=C(CN(C(=O)OC(C)(C)C)C2)N1. The van der Waals surface area contributed by atoms with Gasteiger partial charge in [-0.15, -0.1) is 0 Å². The largest absolute Gasteiger partial charge is 0.468 e. The van der Waals surface area contributed by atoms with Crippen LogP contribution >= 0.6 is 0 Å². The van der Waals surface area contributed by atoms with Gasteiger partial charge in [0.15, 0.2) is 0 Å². The van der Waals surface area contributed by atoms with Crippen LogP contribution in [0, 0.1) is 0 Å². The lowest BCUT2D eigenvalue weighted by atomic mass is 10.2. The molecule has 0 radical (unpaired) electrons. The van der Waals surface area contributed by atoms with Crippen molar-refractivity contribution in [2.45, 2.75) is 26.4 Å². The minimum atomic E-state index is -0.470. The molecule has 2 aliphatic rings. The summed E-state index contributed by atoms with van der Waals surface area (Å²) in [7, 11) is 1.57. The third-order valence-electron chi connectivity index (χ3n) is 2.67. The lowest BCUT2D eigenvalue weighted by Crippen LogP contribution is -2.37. The van der Waals surface area contributed by atoms with Gasteiger partial charge in [0.2, 0.25) is 0 Å². The number of carbonyl (C=O) groups is 1. The molecule has 0 spiro atoms. The Morgan fingerprint density at radius 2 is 2.11 bits per heavy atom. The highest BCUT2D eigenvalue weighted by Gasteiger charge is 2.31. The fraction of sp³-hybridized carbons (Fsp3) is 0.667. The zero-order valence-corrected chi connectivity index (χ0v) is 11.2. The fourth-order valence-electron chi connectivity index (χ4n) is 1.86. The van der Waals surface area contributed by atoms with Crippen LogP contribution in [0.5, 0.6) is 0 Å². The van der Waals surface area contributed by atoms with Gasteiger partial charge in [0.25, 0.3) is 6.02 Å². The number of nitrogens with one attached hydrogen (secondary N) is 1. The summed E-state index contributed by atoms with van der Waals surface area (Å²) in [6.45, 7) is 7.24. The topological polar surface area (TPSA) is 63.2 Å². The van der Waals surface area contributed by atoms with E-state index in [1.54, 1.807) is 12.0 Å². The van der Waals surface area contributed by atoms with Crippen molar-refractivity contribution in [3.05, 3.63) is 11.3 Å². The predicted octanol–water partition coefficient (Wildman–Crippen LogP) is 1.10. The minimum absolute atomic E-state index is 0.294. The maximum atomic E-state index is 11.9. The molecule has 0 fully saturated rings. The molecular formula is C12H19N3O3. The van der Waals surface area contributed by atoms with Gasteiger partial charge in [0, 0.05) is 12.2 Å². The molecule has 0 saturated heterocycles. The van der Waals surface area contributed by atoms with Gasteiger partial charge in [-0.3, -0.25) is 4.90 Å². The number of methoxy groups -OCH3 is 1. The van der Waals surface area contributed by atoms with E-state index >= 15 is 0 Å². The van der Waals surface area contributed by atoms with E-state index in [-0.39, 0.29) is 6.09 Å². The molecule has 0 aromatic rings. The van der Waals surface area contributed by atoms with E-state index in [1.807, 2.05) is 20.8 Å². The molecule has 2 aliphatic heterocycles. The Balaban J connectivity index is 1.94. The first-order valence-electron chi connectivity index (χ1n) is 5.93. The summed E-state index contributed by atoms with van der Waals surface area (Å²) in [5.74, 6) is 0. The van der Waals surface area contributed by atoms with Gasteiger partial charge in [0.1, 0.15) is 5.60 Å². The standard InChI is InChI=1S/C12H19N3O3/c1-12(2,3)18-11(16)15-6-8-5-13-10(17-4)14-9(8)7-15/h5-7H2,1-4H3,(H,13,14). The molecule has 2 rings (SSSR count). The Morgan fingerprint density at radius 3 is 2.72 bits per heavy atom. The molecule has 1 amide bonds. The molecule has 6 heteroatoms. The van der Waals surface area contributed by atoms with Crippen LogP contribution in [0.2, 0.25) is 0 Å². The maximum absolute atomic E-state index is 11.9. The van der Waals surface area contributed by atoms with Crippen molar-refractivity contribution < 1.29 is 14.3 Å². The third kappa shape index (κ3) is 2.75. The number of nitrogens with zero attached hydrogens (tertiary/aromatic N) is 2. The molecule has 0 aromatic carbocycles. The number of ether oxygens (including phenoxy) is 2. The molecular weight excluding hydrogens is 234 g/mol. The summed E-state index contributed by atoms with van der Waals surface area (Å²) in [5.41, 5.74) is 1.64. The molecule has 0 aliphatic carbocycles. The average Bonchev–Trinajstić information content (AvgIpc) is 2.69. The number of rotatable bonds is 0. The summed E-state index contributed by atoms with van der Waals surface area (Å²) in [6, 6.07) is 0.500. The number of amides is 1. The first-order chi connectivity index (χ1) is 8.39. The average molecular weight is 253 g/mol. The van der Waals surface area contributed by atoms with Gasteiger partial charge < -0.3 is 14.8 Å². The van der Waals surface area contributed by atoms with E-state index in [0.717, 1.165) is 11.3 Å². The monoisotopic (exact) mass is 253 g/mol. The van der Waals surface area contributed by atoms with E-state index in [1.165, 1.54) is 0 Å². The van der Waals surface area contributed by atoms with Gasteiger partial charge in [-0.1, -0.05) is 0 Å². The van der Waals surface area contributed by atoms with Crippen molar-refractivity contribution in [3.8, 4) is 0 Å². The van der Waals surface area contributed by atoms with Crippen LogP contribution in [-0.2, 0) is 9.47 Å². The summed E-state index contributed by atoms with van der Waals surface area (Å²) in [6.07, 6.45) is -0.294. The van der Waals surface area contributed by atoms with E-state index < -0.39 is 5.60 Å². The van der Waals surface area contributed by atoms with Crippen molar-refractivity contribution in [3.63, 3.8) is 0 Å². The van der Waals surface area contributed by atoms with Gasteiger partial charge >= 0.3 is 6.09 Å². The molecule has 0 atom stereocenters. The summed E-state index contributed by atoms with van der Waals surface area (Å²) < 4.78 is 10.4. The Labute approximate surface area is 107 Å². The van der Waals surface area contributed by atoms with Crippen LogP contribution in [-0.4, -0.2) is 49.4 Å². The van der Waals surface area contributed by atoms with Gasteiger partial charge in [0.05, 0.1) is 20.2 Å². The maximum Gasteiger partial charge on any atom is 0.410 e. The predicted molar refractivity (Wildman–Crippen MR) is 67.3 cm³/mol. The zero-order chi connectivity index (χ0) is 13.3. The van der Waals surface area contributed by atoms with Gasteiger partial charge in [-0.05, 0) is 26.3 Å². The van der Waals surface area contributed by atoms with Crippen LogP contribution in [0.15, 0.2) is 16.3 Å². The molecule has 2 heterocycles. The molecule has 0 saturated carbocycles. The van der Waals surface area contributed by atoms with Crippen LogP contribution in [0.1, 0.15) is 20.8 Å². The van der Waals surface area contributed by atoms with Crippen LogP contribution in [0.25, 0.3) is 0 Å². The number of hydrogen-bond acceptors (Lipinski definition) is 5. The molecule has 1 N–H and O–H groups in total. The summed E-state index contributed by atoms with van der Waals surface area (Å²) in [4.78, 5) is 17.8. The number of aliphatic imine (C=N–C) groups is 1. The van der Waals surface area contributed by atoms with Crippen LogP contribution in [0.4, 0.5) is 4.79 Å². The normalized spacial score (nSPS) is 19.1. The van der Waals surface area contributed by atoms with E-state index in [2.05, 4.69) is 10.3 Å². The van der Waals surface area contributed by atoms with E-state index in [0.29, 0.717) is 25.7 Å². The fourth-order valence-corrected chi connectivity index (χ4v) is 1.86. The zero-order valence-electron chi connectivity index (χ0n) is 11.2. The molecule has 100 valence electrons. The van der Waals surface area contributed by atoms with Crippen molar-refractivity contribution in [1.29, 1.82) is 0 Å². The Kier molecular flexibility index (Phi) is 3.19. The van der Waals surface area contributed by atoms with Gasteiger partial charge in [-0.2, -0.15) is 0 Å². The highest BCUT2D eigenvalue weighted by Crippen LogP contribution is 2.21. The quantitative estimate of drug-likeness (QED) is 0.702. The molecule has 6 nitrogen and oxygen atoms in total. The van der Waals surface area contributed by atoms with Crippen molar-refractivity contribution >= 4 is 12.1 Å². The number of carbonyl (C=O) groups excluding carboxylic acids is 1. The second kappa shape index (κ2) is 4.51. The smallest absolute Gasteiger partial charge is 0.410 e. The minimum Gasteiger partial charge on any atom is -0.468 e. The van der Waals surface area contributed by atoms with E-state index in [9.17, 15) is 4.79 Å². The highest BCUT2D eigenvalue weighted by molar-refractivity contribution is 5.78. The van der Waals surface area contributed by atoms with Gasteiger partial charge in [-0.25, -0.2) is 9.79 Å². The number of hydrogen-bond donors (Lipinski definition) is 1. The lowest BCUT2D eigenvalue weighted by Gasteiger charge is -2.24. The van der Waals surface area contributed by atoms with Crippen molar-refractivity contribution in [2.24, 2.45) is 4.99 Å². The Hall–Kier alpha value is -1.72. The third-order valence-corrected chi connectivity index (χ3v) is 2.67. The lowest BCUT2D eigenvalue weighted by molar-refractivity contribution is 0.0298. The van der Waals surface area contributed by atoms with Crippen molar-refractivity contribution in [1.82, 2.24) is 10.2 Å². The molecule has 0 unspecified atom stereocenters. The molecule has 0 bridgehead atoms. The Bertz CT molecular complexity index is 421. The second-order valence-corrected chi connectivity index (χ2v) is 5.37. The highest BCUT2D eigenvalue weighted by atomic mass is 16.6. The summed E-state index contributed by atoms with van der Waals surface area (Å²) in [5, 5.41) is 3.07. The summed E-state index contributed by atoms with van der Waals surface area (Å²) >= 11 is 0. The van der Waals surface area contributed by atoms with Crippen LogP contribution < -0.4 is 5.32 Å². The first kappa shape index (κ1) is 12.7. The van der Waals surface area contributed by atoms with Crippen LogP contribution in [0.3, 0.4) is 0 Å². The molecule has 0 aromatic heterocycles. The Morgan fingerprint density at radius 1 is 1.39 bits per heavy atom. The first-order valence-corrected chi connectivity index (χ1v) is 5.93. The number of amidine groups is 1. The second-order valence-electron chi connectivity index (χ2n) is 5.37. The van der Waals surface area contributed by atoms with E-state index in [4.69, 9.17) is 9.47 Å².